The number of nitrogens with two attached hydrogens (primary N) is 1. The number of ether oxygens (including phenoxy) is 1. The van der Waals surface area contributed by atoms with Gasteiger partial charge in [0.15, 0.2) is 5.78 Å². The standard InChI is InChI=1S/C24H30N2O3S/c1-14-11-19(15(2)13-24(4,5)30(25)28)22-20(12-14)23(27)16(3)21(26-22)17-7-9-18(29-6)10-8-17/h7-12,15-16H,13,25H2,1-6H3/t15-,16?,30?/m1/s1. The summed E-state index contributed by atoms with van der Waals surface area (Å²) in [5.41, 5.74) is 5.06. The van der Waals surface area contributed by atoms with Gasteiger partial charge in [-0.3, -0.25) is 9.79 Å². The van der Waals surface area contributed by atoms with Crippen molar-refractivity contribution in [2.75, 3.05) is 7.11 Å². The molecular weight excluding hydrogens is 396 g/mol. The zero-order valence-corrected chi connectivity index (χ0v) is 19.3. The SMILES string of the molecule is COc1ccc(C2=Nc3c(cc(C)cc3[C@H](C)CC(C)(C)[S+](N)[O-])C(=O)C2C)cc1. The third-order valence-electron chi connectivity index (χ3n) is 5.84. The van der Waals surface area contributed by atoms with E-state index in [2.05, 4.69) is 13.0 Å². The molecule has 0 radical (unpaired) electrons. The lowest BCUT2D eigenvalue weighted by molar-refractivity contribution is 0.0960. The van der Waals surface area contributed by atoms with E-state index in [1.54, 1.807) is 7.11 Å². The fraction of sp³-hybridized carbons (Fsp3) is 0.417. The van der Waals surface area contributed by atoms with Crippen molar-refractivity contribution < 1.29 is 14.1 Å². The lowest BCUT2D eigenvalue weighted by atomic mass is 9.82. The minimum atomic E-state index is -1.44. The Hall–Kier alpha value is -2.15. The number of methoxy groups -OCH3 is 1. The first kappa shape index (κ1) is 22.5. The van der Waals surface area contributed by atoms with Crippen molar-refractivity contribution in [1.29, 1.82) is 0 Å². The highest BCUT2D eigenvalue weighted by Gasteiger charge is 2.35. The number of Topliss-reactive ketones (excluding diaryl/α,β-unsaturated/α-hetero) is 1. The van der Waals surface area contributed by atoms with Crippen LogP contribution in [0.2, 0.25) is 0 Å². The molecular formula is C24H30N2O3S. The predicted octanol–water partition coefficient (Wildman–Crippen LogP) is 4.85. The van der Waals surface area contributed by atoms with Crippen LogP contribution in [-0.2, 0) is 11.4 Å². The first-order valence-corrected chi connectivity index (χ1v) is 11.3. The Kier molecular flexibility index (Phi) is 6.41. The Balaban J connectivity index is 2.11. The van der Waals surface area contributed by atoms with Crippen LogP contribution < -0.4 is 9.88 Å². The van der Waals surface area contributed by atoms with Crippen molar-refractivity contribution in [1.82, 2.24) is 0 Å². The number of hydrogen-bond acceptors (Lipinski definition) is 5. The smallest absolute Gasteiger partial charge is 0.173 e. The van der Waals surface area contributed by atoms with Crippen LogP contribution in [0, 0.1) is 12.8 Å². The molecule has 0 fully saturated rings. The van der Waals surface area contributed by atoms with E-state index in [0.717, 1.165) is 33.8 Å². The molecule has 1 heterocycles. The van der Waals surface area contributed by atoms with Gasteiger partial charge in [0.25, 0.3) is 0 Å². The van der Waals surface area contributed by atoms with Crippen LogP contribution in [0.4, 0.5) is 5.69 Å². The second-order valence-electron chi connectivity index (χ2n) is 8.72. The van der Waals surface area contributed by atoms with E-state index in [-0.39, 0.29) is 17.6 Å². The molecule has 160 valence electrons. The van der Waals surface area contributed by atoms with Gasteiger partial charge >= 0.3 is 0 Å². The summed E-state index contributed by atoms with van der Waals surface area (Å²) in [6.07, 6.45) is 0.628. The second kappa shape index (κ2) is 8.53. The number of aliphatic imine (C=N–C) groups is 1. The van der Waals surface area contributed by atoms with E-state index < -0.39 is 16.1 Å². The normalized spacial score (nSPS) is 18.5. The molecule has 0 amide bonds. The van der Waals surface area contributed by atoms with Gasteiger partial charge in [0, 0.05) is 23.3 Å². The van der Waals surface area contributed by atoms with Crippen molar-refractivity contribution in [3.05, 3.63) is 58.7 Å². The maximum atomic E-state index is 13.3. The minimum absolute atomic E-state index is 0.0447. The molecule has 0 spiro atoms. The van der Waals surface area contributed by atoms with E-state index in [4.69, 9.17) is 14.9 Å². The molecule has 2 aromatic rings. The zero-order chi connectivity index (χ0) is 22.2. The Bertz CT molecular complexity index is 981. The molecule has 0 aliphatic carbocycles. The molecule has 0 bridgehead atoms. The van der Waals surface area contributed by atoms with Gasteiger partial charge in [0.1, 0.15) is 10.5 Å². The molecule has 2 unspecified atom stereocenters. The van der Waals surface area contributed by atoms with E-state index in [9.17, 15) is 9.35 Å². The summed E-state index contributed by atoms with van der Waals surface area (Å²) in [5, 5.41) is 5.71. The topological polar surface area (TPSA) is 87.7 Å². The van der Waals surface area contributed by atoms with Crippen LogP contribution in [0.15, 0.2) is 41.4 Å². The van der Waals surface area contributed by atoms with E-state index >= 15 is 0 Å². The summed E-state index contributed by atoms with van der Waals surface area (Å²) < 4.78 is 16.7. The van der Waals surface area contributed by atoms with Gasteiger partial charge in [0.05, 0.1) is 24.4 Å². The maximum Gasteiger partial charge on any atom is 0.173 e. The monoisotopic (exact) mass is 426 g/mol. The summed E-state index contributed by atoms with van der Waals surface area (Å²) in [6.45, 7) is 9.78. The Morgan fingerprint density at radius 1 is 1.27 bits per heavy atom. The molecule has 0 saturated carbocycles. The maximum absolute atomic E-state index is 13.3. The van der Waals surface area contributed by atoms with Crippen LogP contribution in [0.25, 0.3) is 0 Å². The van der Waals surface area contributed by atoms with Crippen molar-refractivity contribution in [2.24, 2.45) is 16.0 Å². The molecule has 6 heteroatoms. The van der Waals surface area contributed by atoms with Crippen LogP contribution in [0.1, 0.15) is 67.1 Å². The Labute approximate surface area is 182 Å². The van der Waals surface area contributed by atoms with Gasteiger partial charge in [-0.2, -0.15) is 5.14 Å². The van der Waals surface area contributed by atoms with E-state index in [1.165, 1.54) is 0 Å². The number of ketones is 1. The van der Waals surface area contributed by atoms with Crippen LogP contribution >= 0.6 is 0 Å². The summed E-state index contributed by atoms with van der Waals surface area (Å²) in [4.78, 5) is 18.3. The van der Waals surface area contributed by atoms with Gasteiger partial charge in [-0.05, 0) is 80.6 Å². The van der Waals surface area contributed by atoms with Gasteiger partial charge in [-0.1, -0.05) is 13.0 Å². The number of carbonyl (C=O) groups is 1. The quantitative estimate of drug-likeness (QED) is 0.669. The molecule has 3 atom stereocenters. The molecule has 2 aromatic carbocycles. The van der Waals surface area contributed by atoms with Crippen LogP contribution in [-0.4, -0.2) is 27.9 Å². The number of benzene rings is 2. The average molecular weight is 427 g/mol. The van der Waals surface area contributed by atoms with Gasteiger partial charge < -0.3 is 9.29 Å². The molecule has 2 N–H and O–H groups in total. The molecule has 0 aromatic heterocycles. The average Bonchev–Trinajstić information content (AvgIpc) is 2.70. The van der Waals surface area contributed by atoms with Crippen molar-refractivity contribution >= 4 is 28.5 Å². The summed E-state index contributed by atoms with van der Waals surface area (Å²) in [5.74, 6) is 0.549. The molecule has 0 saturated heterocycles. The highest BCUT2D eigenvalue weighted by atomic mass is 32.2. The van der Waals surface area contributed by atoms with Gasteiger partial charge in [-0.15, -0.1) is 0 Å². The summed E-state index contributed by atoms with van der Waals surface area (Å²) in [7, 11) is 1.63. The van der Waals surface area contributed by atoms with E-state index in [0.29, 0.717) is 12.0 Å². The number of rotatable bonds is 6. The van der Waals surface area contributed by atoms with Gasteiger partial charge in [0.2, 0.25) is 0 Å². The van der Waals surface area contributed by atoms with E-state index in [1.807, 2.05) is 58.0 Å². The first-order chi connectivity index (χ1) is 14.0. The zero-order valence-electron chi connectivity index (χ0n) is 18.5. The third-order valence-corrected chi connectivity index (χ3v) is 7.10. The summed E-state index contributed by atoms with van der Waals surface area (Å²) in [6, 6.07) is 11.6. The minimum Gasteiger partial charge on any atom is -0.598 e. The Morgan fingerprint density at radius 3 is 2.47 bits per heavy atom. The highest BCUT2D eigenvalue weighted by Crippen LogP contribution is 2.41. The van der Waals surface area contributed by atoms with Crippen LogP contribution in [0.5, 0.6) is 5.75 Å². The lowest BCUT2D eigenvalue weighted by Gasteiger charge is -2.30. The number of nitrogens with zero attached hydrogens (tertiary/aromatic N) is 1. The van der Waals surface area contributed by atoms with Gasteiger partial charge in [-0.25, -0.2) is 0 Å². The summed E-state index contributed by atoms with van der Waals surface area (Å²) >= 11 is -1.44. The lowest BCUT2D eigenvalue weighted by Crippen LogP contribution is -2.38. The molecule has 30 heavy (non-hydrogen) atoms. The number of hydrogen-bond donors (Lipinski definition) is 1. The third kappa shape index (κ3) is 4.31. The van der Waals surface area contributed by atoms with Crippen LogP contribution in [0.3, 0.4) is 0 Å². The molecule has 1 aliphatic rings. The van der Waals surface area contributed by atoms with Crippen molar-refractivity contribution in [3.8, 4) is 5.75 Å². The van der Waals surface area contributed by atoms with Crippen molar-refractivity contribution in [2.45, 2.75) is 51.7 Å². The molecule has 5 nitrogen and oxygen atoms in total. The highest BCUT2D eigenvalue weighted by molar-refractivity contribution is 7.90. The second-order valence-corrected chi connectivity index (χ2v) is 10.4. The fourth-order valence-corrected chi connectivity index (χ4v) is 4.49. The fourth-order valence-electron chi connectivity index (χ4n) is 4.08. The first-order valence-electron chi connectivity index (χ1n) is 10.1. The van der Waals surface area contributed by atoms with Crippen molar-refractivity contribution in [3.63, 3.8) is 0 Å². The predicted molar refractivity (Wildman–Crippen MR) is 123 cm³/mol. The largest absolute Gasteiger partial charge is 0.598 e. The number of fused-ring (bicyclic) bond motifs is 1. The number of carbonyl (C=O) groups excluding carboxylic acids is 1. The number of aryl methyl sites for hydroxylation is 1. The molecule has 3 rings (SSSR count). The molecule has 1 aliphatic heterocycles. The Morgan fingerprint density at radius 2 is 1.90 bits per heavy atom.